The van der Waals surface area contributed by atoms with Gasteiger partial charge in [-0.25, -0.2) is 0 Å². The lowest BCUT2D eigenvalue weighted by molar-refractivity contribution is 0.750. The maximum atomic E-state index is 4.55. The van der Waals surface area contributed by atoms with Gasteiger partial charge in [0.25, 0.3) is 0 Å². The van der Waals surface area contributed by atoms with E-state index in [1.54, 1.807) is 0 Å². The molecule has 2 aromatic rings. The molecule has 0 bridgehead atoms. The van der Waals surface area contributed by atoms with Gasteiger partial charge in [-0.15, -0.1) is 0 Å². The quantitative estimate of drug-likeness (QED) is 0.691. The molecule has 0 spiro atoms. The van der Waals surface area contributed by atoms with E-state index in [-0.39, 0.29) is 0 Å². The lowest BCUT2D eigenvalue weighted by atomic mass is 10.0. The minimum atomic E-state index is 0.827. The molecule has 1 fully saturated rings. The number of aryl methyl sites for hydroxylation is 3. The summed E-state index contributed by atoms with van der Waals surface area (Å²) in [6.45, 7) is 4.31. The molecule has 1 heterocycles. The normalized spacial score (nSPS) is 16.2. The fourth-order valence-corrected chi connectivity index (χ4v) is 2.27. The summed E-state index contributed by atoms with van der Waals surface area (Å²) < 4.78 is 1.98. The lowest BCUT2D eigenvalue weighted by Crippen LogP contribution is -1.91. The number of benzene rings is 1. The first-order chi connectivity index (χ1) is 7.16. The van der Waals surface area contributed by atoms with E-state index >= 15 is 0 Å². The summed E-state index contributed by atoms with van der Waals surface area (Å²) in [6.07, 6.45) is 2.73. The Morgan fingerprint density at radius 3 is 2.67 bits per heavy atom. The summed E-state index contributed by atoms with van der Waals surface area (Å²) in [5.74, 6) is 0.827. The van der Waals surface area contributed by atoms with Crippen molar-refractivity contribution in [3.63, 3.8) is 0 Å². The Balaban J connectivity index is 2.32. The second-order valence-electron chi connectivity index (χ2n) is 4.72. The van der Waals surface area contributed by atoms with Crippen molar-refractivity contribution < 1.29 is 0 Å². The first kappa shape index (κ1) is 8.96. The first-order valence-corrected chi connectivity index (χ1v) is 5.60. The molecule has 0 aliphatic heterocycles. The van der Waals surface area contributed by atoms with Gasteiger partial charge in [0.15, 0.2) is 0 Å². The molecule has 1 aliphatic rings. The van der Waals surface area contributed by atoms with Crippen molar-refractivity contribution in [3.8, 4) is 0 Å². The maximum absolute atomic E-state index is 4.55. The van der Waals surface area contributed by atoms with Crippen molar-refractivity contribution in [1.82, 2.24) is 9.78 Å². The Morgan fingerprint density at radius 2 is 2.00 bits per heavy atom. The van der Waals surface area contributed by atoms with Crippen LogP contribution in [0.25, 0.3) is 10.9 Å². The van der Waals surface area contributed by atoms with E-state index in [9.17, 15) is 0 Å². The monoisotopic (exact) mass is 200 g/mol. The van der Waals surface area contributed by atoms with Crippen molar-refractivity contribution in [2.24, 2.45) is 7.05 Å². The topological polar surface area (TPSA) is 17.8 Å². The fraction of sp³-hybridized carbons (Fsp3) is 0.462. The molecule has 2 nitrogen and oxygen atoms in total. The third kappa shape index (κ3) is 1.28. The summed E-state index contributed by atoms with van der Waals surface area (Å²) in [7, 11) is 2.02. The molecule has 1 aromatic carbocycles. The number of hydrogen-bond donors (Lipinski definition) is 0. The molecule has 0 N–H and O–H groups in total. The average molecular weight is 200 g/mol. The Morgan fingerprint density at radius 1 is 1.27 bits per heavy atom. The van der Waals surface area contributed by atoms with Crippen molar-refractivity contribution in [2.45, 2.75) is 32.6 Å². The molecule has 78 valence electrons. The predicted octanol–water partition coefficient (Wildman–Crippen LogP) is 3.07. The highest BCUT2D eigenvalue weighted by Gasteiger charge is 2.24. The minimum absolute atomic E-state index is 0.827. The van der Waals surface area contributed by atoms with Crippen LogP contribution >= 0.6 is 0 Å². The van der Waals surface area contributed by atoms with E-state index in [1.807, 2.05) is 11.7 Å². The van der Waals surface area contributed by atoms with Gasteiger partial charge in [0.05, 0.1) is 5.52 Å². The van der Waals surface area contributed by atoms with Crippen LogP contribution in [0.1, 0.15) is 35.6 Å². The van der Waals surface area contributed by atoms with Gasteiger partial charge in [0.1, 0.15) is 0 Å². The molecule has 1 saturated carbocycles. The number of rotatable bonds is 1. The van der Waals surface area contributed by atoms with Crippen LogP contribution in [0.2, 0.25) is 0 Å². The molecular formula is C13H16N2. The summed E-state index contributed by atoms with van der Waals surface area (Å²) in [5, 5.41) is 5.88. The number of aromatic nitrogens is 2. The molecule has 2 heteroatoms. The van der Waals surface area contributed by atoms with E-state index < -0.39 is 0 Å². The Labute approximate surface area is 89.9 Å². The molecule has 1 aliphatic carbocycles. The maximum Gasteiger partial charge on any atom is 0.0955 e. The van der Waals surface area contributed by atoms with Gasteiger partial charge < -0.3 is 0 Å². The van der Waals surface area contributed by atoms with E-state index in [0.29, 0.717) is 0 Å². The Bertz CT molecular complexity index is 533. The zero-order chi connectivity index (χ0) is 10.6. The van der Waals surface area contributed by atoms with E-state index in [0.717, 1.165) is 5.92 Å². The van der Waals surface area contributed by atoms with Crippen LogP contribution in [0.5, 0.6) is 0 Å². The van der Waals surface area contributed by atoms with Crippen LogP contribution < -0.4 is 0 Å². The molecule has 3 rings (SSSR count). The number of hydrogen-bond acceptors (Lipinski definition) is 1. The molecular weight excluding hydrogens is 184 g/mol. The van der Waals surface area contributed by atoms with Crippen LogP contribution in [0.3, 0.4) is 0 Å². The fourth-order valence-electron chi connectivity index (χ4n) is 2.27. The molecule has 0 saturated heterocycles. The summed E-state index contributed by atoms with van der Waals surface area (Å²) in [5.41, 5.74) is 5.27. The lowest BCUT2D eigenvalue weighted by Gasteiger charge is -2.01. The summed E-state index contributed by atoms with van der Waals surface area (Å²) in [6, 6.07) is 4.65. The standard InChI is InChI=1S/C13H16N2/c1-8-6-11(10-4-5-10)7-12-9(2)15(3)14-13(8)12/h6-7,10H,4-5H2,1-3H3. The van der Waals surface area contributed by atoms with Gasteiger partial charge in [-0.05, 0) is 49.8 Å². The highest BCUT2D eigenvalue weighted by atomic mass is 15.3. The average Bonchev–Trinajstić information content (AvgIpc) is 2.99. The van der Waals surface area contributed by atoms with Gasteiger partial charge in [-0.2, -0.15) is 5.10 Å². The van der Waals surface area contributed by atoms with Crippen LogP contribution in [-0.4, -0.2) is 9.78 Å². The largest absolute Gasteiger partial charge is 0.272 e. The predicted molar refractivity (Wildman–Crippen MR) is 62.2 cm³/mol. The highest BCUT2D eigenvalue weighted by Crippen LogP contribution is 2.41. The van der Waals surface area contributed by atoms with Gasteiger partial charge >= 0.3 is 0 Å². The van der Waals surface area contributed by atoms with Gasteiger partial charge in [-0.3, -0.25) is 4.68 Å². The van der Waals surface area contributed by atoms with E-state index in [1.165, 1.54) is 40.6 Å². The summed E-state index contributed by atoms with van der Waals surface area (Å²) in [4.78, 5) is 0. The smallest absolute Gasteiger partial charge is 0.0955 e. The molecule has 0 atom stereocenters. The third-order valence-corrected chi connectivity index (χ3v) is 3.50. The first-order valence-electron chi connectivity index (χ1n) is 5.60. The number of fused-ring (bicyclic) bond motifs is 1. The third-order valence-electron chi connectivity index (χ3n) is 3.50. The Hall–Kier alpha value is -1.31. The van der Waals surface area contributed by atoms with E-state index in [4.69, 9.17) is 0 Å². The minimum Gasteiger partial charge on any atom is -0.272 e. The highest BCUT2D eigenvalue weighted by molar-refractivity contribution is 5.85. The van der Waals surface area contributed by atoms with Crippen molar-refractivity contribution in [2.75, 3.05) is 0 Å². The second-order valence-corrected chi connectivity index (χ2v) is 4.72. The molecule has 0 radical (unpaired) electrons. The Kier molecular flexibility index (Phi) is 1.70. The summed E-state index contributed by atoms with van der Waals surface area (Å²) >= 11 is 0. The molecule has 1 aromatic heterocycles. The van der Waals surface area contributed by atoms with Gasteiger partial charge in [0.2, 0.25) is 0 Å². The van der Waals surface area contributed by atoms with Crippen LogP contribution in [0.4, 0.5) is 0 Å². The second kappa shape index (κ2) is 2.84. The zero-order valence-corrected chi connectivity index (χ0v) is 9.54. The molecule has 0 amide bonds. The molecule has 0 unspecified atom stereocenters. The zero-order valence-electron chi connectivity index (χ0n) is 9.54. The van der Waals surface area contributed by atoms with Crippen LogP contribution in [0.15, 0.2) is 12.1 Å². The van der Waals surface area contributed by atoms with Crippen molar-refractivity contribution in [1.29, 1.82) is 0 Å². The van der Waals surface area contributed by atoms with E-state index in [2.05, 4.69) is 31.1 Å². The SMILES string of the molecule is Cc1cc(C2CC2)cc2c(C)n(C)nc12. The van der Waals surface area contributed by atoms with Gasteiger partial charge in [-0.1, -0.05) is 6.07 Å². The van der Waals surface area contributed by atoms with Crippen LogP contribution in [0, 0.1) is 13.8 Å². The van der Waals surface area contributed by atoms with Crippen molar-refractivity contribution in [3.05, 3.63) is 29.0 Å². The van der Waals surface area contributed by atoms with Crippen LogP contribution in [-0.2, 0) is 7.05 Å². The van der Waals surface area contributed by atoms with Crippen molar-refractivity contribution >= 4 is 10.9 Å². The van der Waals surface area contributed by atoms with Gasteiger partial charge in [0, 0.05) is 18.1 Å². The number of nitrogens with zero attached hydrogens (tertiary/aromatic N) is 2. The molecule has 15 heavy (non-hydrogen) atoms.